The van der Waals surface area contributed by atoms with Crippen LogP contribution in [-0.2, 0) is 0 Å². The lowest BCUT2D eigenvalue weighted by Gasteiger charge is -2.33. The summed E-state index contributed by atoms with van der Waals surface area (Å²) < 4.78 is 0. The van der Waals surface area contributed by atoms with Crippen molar-refractivity contribution < 1.29 is 0 Å². The van der Waals surface area contributed by atoms with Crippen molar-refractivity contribution in [3.63, 3.8) is 0 Å². The number of rotatable bonds is 1. The third-order valence-electron chi connectivity index (χ3n) is 1.91. The Bertz CT molecular complexity index is 158. The molecule has 0 aromatic carbocycles. The van der Waals surface area contributed by atoms with Crippen LogP contribution < -0.4 is 5.73 Å². The average Bonchev–Trinajstić information content (AvgIpc) is 2.05. The zero-order valence-electron chi connectivity index (χ0n) is 6.58. The number of nitrogens with one attached hydrogen (secondary N) is 1. The zero-order valence-corrected chi connectivity index (χ0v) is 6.58. The van der Waals surface area contributed by atoms with E-state index in [2.05, 4.69) is 11.5 Å². The Balaban J connectivity index is 2.35. The third-order valence-corrected chi connectivity index (χ3v) is 1.91. The molecule has 0 aliphatic carbocycles. The van der Waals surface area contributed by atoms with E-state index in [4.69, 9.17) is 11.1 Å². The molecule has 0 bridgehead atoms. The van der Waals surface area contributed by atoms with Crippen LogP contribution in [0.3, 0.4) is 0 Å². The molecule has 0 saturated carbocycles. The predicted octanol–water partition coefficient (Wildman–Crippen LogP) is -0.359. The molecule has 0 radical (unpaired) electrons. The molecule has 0 aromatic rings. The maximum atomic E-state index is 7.17. The second-order valence-electron chi connectivity index (χ2n) is 2.59. The SMILES string of the molecule is C=CN1CCN(C(=N)N)CC1. The summed E-state index contributed by atoms with van der Waals surface area (Å²) in [4.78, 5) is 3.99. The molecule has 1 rings (SSSR count). The van der Waals surface area contributed by atoms with Gasteiger partial charge in [-0.25, -0.2) is 0 Å². The smallest absolute Gasteiger partial charge is 0.188 e. The highest BCUT2D eigenvalue weighted by atomic mass is 15.3. The number of hydrogen-bond donors (Lipinski definition) is 2. The first-order valence-corrected chi connectivity index (χ1v) is 3.69. The van der Waals surface area contributed by atoms with E-state index >= 15 is 0 Å². The van der Waals surface area contributed by atoms with Crippen LogP contribution in [0.1, 0.15) is 0 Å². The predicted molar refractivity (Wildman–Crippen MR) is 45.3 cm³/mol. The molecule has 3 N–H and O–H groups in total. The maximum Gasteiger partial charge on any atom is 0.188 e. The first-order chi connectivity index (χ1) is 5.24. The molecule has 1 fully saturated rings. The van der Waals surface area contributed by atoms with Crippen LogP contribution in [0.5, 0.6) is 0 Å². The Morgan fingerprint density at radius 1 is 1.36 bits per heavy atom. The minimum Gasteiger partial charge on any atom is -0.374 e. The summed E-state index contributed by atoms with van der Waals surface area (Å²) in [5.74, 6) is 0.175. The normalized spacial score (nSPS) is 18.2. The van der Waals surface area contributed by atoms with Crippen LogP contribution >= 0.6 is 0 Å². The largest absolute Gasteiger partial charge is 0.374 e. The molecule has 0 spiro atoms. The Morgan fingerprint density at radius 3 is 2.27 bits per heavy atom. The highest BCUT2D eigenvalue weighted by Gasteiger charge is 2.13. The number of piperazine rings is 1. The molecule has 0 amide bonds. The quantitative estimate of drug-likeness (QED) is 0.400. The highest BCUT2D eigenvalue weighted by molar-refractivity contribution is 5.74. The zero-order chi connectivity index (χ0) is 8.27. The highest BCUT2D eigenvalue weighted by Crippen LogP contribution is 1.99. The van der Waals surface area contributed by atoms with Gasteiger partial charge in [0.05, 0.1) is 0 Å². The number of guanidine groups is 1. The molecule has 1 aliphatic rings. The van der Waals surface area contributed by atoms with Gasteiger partial charge >= 0.3 is 0 Å². The summed E-state index contributed by atoms with van der Waals surface area (Å²) in [6.45, 7) is 7.19. The lowest BCUT2D eigenvalue weighted by molar-refractivity contribution is 0.235. The molecule has 1 saturated heterocycles. The van der Waals surface area contributed by atoms with E-state index in [-0.39, 0.29) is 5.96 Å². The van der Waals surface area contributed by atoms with E-state index < -0.39 is 0 Å². The van der Waals surface area contributed by atoms with E-state index in [0.717, 1.165) is 26.2 Å². The minimum absolute atomic E-state index is 0.175. The van der Waals surface area contributed by atoms with Crippen molar-refractivity contribution in [2.75, 3.05) is 26.2 Å². The molecule has 4 nitrogen and oxygen atoms in total. The van der Waals surface area contributed by atoms with Gasteiger partial charge in [0.1, 0.15) is 0 Å². The van der Waals surface area contributed by atoms with Gasteiger partial charge in [-0.05, 0) is 6.20 Å². The van der Waals surface area contributed by atoms with Gasteiger partial charge < -0.3 is 15.5 Å². The fraction of sp³-hybridized carbons (Fsp3) is 0.571. The van der Waals surface area contributed by atoms with Crippen LogP contribution in [-0.4, -0.2) is 41.9 Å². The Labute approximate surface area is 66.8 Å². The Morgan fingerprint density at radius 2 is 1.91 bits per heavy atom. The Hall–Kier alpha value is -1.19. The molecular formula is C7H14N4. The van der Waals surface area contributed by atoms with Gasteiger partial charge in [0.2, 0.25) is 0 Å². The molecule has 62 valence electrons. The van der Waals surface area contributed by atoms with Crippen LogP contribution in [0.15, 0.2) is 12.8 Å². The fourth-order valence-electron chi connectivity index (χ4n) is 1.15. The first-order valence-electron chi connectivity index (χ1n) is 3.69. The van der Waals surface area contributed by atoms with Gasteiger partial charge in [-0.15, -0.1) is 0 Å². The van der Waals surface area contributed by atoms with Crippen molar-refractivity contribution >= 4 is 5.96 Å². The van der Waals surface area contributed by atoms with Gasteiger partial charge in [-0.2, -0.15) is 0 Å². The monoisotopic (exact) mass is 154 g/mol. The van der Waals surface area contributed by atoms with Crippen LogP contribution in [0.25, 0.3) is 0 Å². The second-order valence-corrected chi connectivity index (χ2v) is 2.59. The molecule has 11 heavy (non-hydrogen) atoms. The van der Waals surface area contributed by atoms with Gasteiger partial charge in [-0.1, -0.05) is 6.58 Å². The summed E-state index contributed by atoms with van der Waals surface area (Å²) >= 11 is 0. The summed E-state index contributed by atoms with van der Waals surface area (Å²) in [7, 11) is 0. The van der Waals surface area contributed by atoms with Crippen molar-refractivity contribution in [2.24, 2.45) is 5.73 Å². The van der Waals surface area contributed by atoms with E-state index in [1.54, 1.807) is 0 Å². The first kappa shape index (κ1) is 7.91. The van der Waals surface area contributed by atoms with Crippen LogP contribution in [0, 0.1) is 5.41 Å². The third kappa shape index (κ3) is 1.86. The van der Waals surface area contributed by atoms with Gasteiger partial charge in [0.25, 0.3) is 0 Å². The number of nitrogens with zero attached hydrogens (tertiary/aromatic N) is 2. The van der Waals surface area contributed by atoms with E-state index in [1.807, 2.05) is 11.1 Å². The van der Waals surface area contributed by atoms with E-state index in [1.165, 1.54) is 0 Å². The summed E-state index contributed by atoms with van der Waals surface area (Å²) in [5.41, 5.74) is 5.32. The van der Waals surface area contributed by atoms with E-state index in [0.29, 0.717) is 0 Å². The van der Waals surface area contributed by atoms with Crippen molar-refractivity contribution in [2.45, 2.75) is 0 Å². The Kier molecular flexibility index (Phi) is 2.36. The van der Waals surface area contributed by atoms with Crippen molar-refractivity contribution in [1.29, 1.82) is 5.41 Å². The summed E-state index contributed by atoms with van der Waals surface area (Å²) in [5, 5.41) is 7.17. The fourth-order valence-corrected chi connectivity index (χ4v) is 1.15. The molecule has 1 aliphatic heterocycles. The van der Waals surface area contributed by atoms with Gasteiger partial charge in [0, 0.05) is 26.2 Å². The second kappa shape index (κ2) is 3.27. The molecule has 1 heterocycles. The minimum atomic E-state index is 0.175. The lowest BCUT2D eigenvalue weighted by Crippen LogP contribution is -2.49. The topological polar surface area (TPSA) is 56.4 Å². The van der Waals surface area contributed by atoms with Crippen molar-refractivity contribution in [3.8, 4) is 0 Å². The molecule has 0 atom stereocenters. The van der Waals surface area contributed by atoms with Crippen molar-refractivity contribution in [3.05, 3.63) is 12.8 Å². The maximum absolute atomic E-state index is 7.17. The standard InChI is InChI=1S/C7H14N4/c1-2-10-3-5-11(6-4-10)7(8)9/h2H,1,3-6H2,(H3,8,9). The summed E-state index contributed by atoms with van der Waals surface area (Å²) in [6, 6.07) is 0. The van der Waals surface area contributed by atoms with Gasteiger partial charge in [0.15, 0.2) is 5.96 Å². The average molecular weight is 154 g/mol. The number of hydrogen-bond acceptors (Lipinski definition) is 2. The van der Waals surface area contributed by atoms with E-state index in [9.17, 15) is 0 Å². The molecule has 0 aromatic heterocycles. The van der Waals surface area contributed by atoms with Crippen LogP contribution in [0.2, 0.25) is 0 Å². The van der Waals surface area contributed by atoms with Crippen molar-refractivity contribution in [1.82, 2.24) is 9.80 Å². The van der Waals surface area contributed by atoms with Gasteiger partial charge in [-0.3, -0.25) is 5.41 Å². The molecule has 4 heteroatoms. The number of nitrogens with two attached hydrogens (primary N) is 1. The lowest BCUT2D eigenvalue weighted by atomic mass is 10.3. The van der Waals surface area contributed by atoms with Crippen LogP contribution in [0.4, 0.5) is 0 Å². The molecular weight excluding hydrogens is 140 g/mol. The molecule has 0 unspecified atom stereocenters. The summed E-state index contributed by atoms with van der Waals surface area (Å²) in [6.07, 6.45) is 1.83.